The Kier molecular flexibility index (Phi) is 8.79. The Morgan fingerprint density at radius 2 is 1.81 bits per heavy atom. The van der Waals surface area contributed by atoms with Gasteiger partial charge in [-0.25, -0.2) is 9.36 Å². The first-order valence-electron chi connectivity index (χ1n) is 9.86. The zero-order valence-electron chi connectivity index (χ0n) is 18.4. The molecule has 0 aliphatic heterocycles. The summed E-state index contributed by atoms with van der Waals surface area (Å²) in [6.45, 7) is 5.15. The maximum Gasteiger partial charge on any atom is 0.472 e. The van der Waals surface area contributed by atoms with Crippen molar-refractivity contribution >= 4 is 24.6 Å². The lowest BCUT2D eigenvalue weighted by Crippen LogP contribution is -2.37. The van der Waals surface area contributed by atoms with Gasteiger partial charge in [0.05, 0.1) is 21.1 Å². The van der Waals surface area contributed by atoms with Crippen LogP contribution in [0.2, 0.25) is 0 Å². The number of carbonyl (C=O) groups is 1. The van der Waals surface area contributed by atoms with E-state index in [9.17, 15) is 14.3 Å². The summed E-state index contributed by atoms with van der Waals surface area (Å²) in [7, 11) is 1.41. The first-order valence-corrected chi connectivity index (χ1v) is 11.4. The van der Waals surface area contributed by atoms with E-state index in [1.165, 1.54) is 6.92 Å². The smallest absolute Gasteiger partial charge is 0.472 e. The number of hydrogen-bond donors (Lipinski definition) is 1. The minimum absolute atomic E-state index is 0.0275. The summed E-state index contributed by atoms with van der Waals surface area (Å²) in [5.41, 5.74) is 0.208. The van der Waals surface area contributed by atoms with Crippen molar-refractivity contribution in [3.05, 3.63) is 54.6 Å². The van der Waals surface area contributed by atoms with Crippen molar-refractivity contribution in [1.82, 2.24) is 0 Å². The summed E-state index contributed by atoms with van der Waals surface area (Å²) in [5.74, 6) is -0.0471. The third-order valence-electron chi connectivity index (χ3n) is 4.22. The first-order chi connectivity index (χ1) is 14.5. The zero-order valence-corrected chi connectivity index (χ0v) is 19.3. The number of benzene rings is 2. The molecule has 0 saturated heterocycles. The monoisotopic (exact) mass is 452 g/mol. The highest BCUT2D eigenvalue weighted by Crippen LogP contribution is 2.44. The van der Waals surface area contributed by atoms with Crippen LogP contribution in [0.1, 0.15) is 6.92 Å². The second kappa shape index (κ2) is 10.9. The third kappa shape index (κ3) is 8.81. The van der Waals surface area contributed by atoms with Crippen molar-refractivity contribution in [3.63, 3.8) is 0 Å². The van der Waals surface area contributed by atoms with E-state index in [1.807, 2.05) is 57.5 Å². The zero-order chi connectivity index (χ0) is 23.1. The van der Waals surface area contributed by atoms with Gasteiger partial charge in [0.2, 0.25) is 0 Å². The fourth-order valence-electron chi connectivity index (χ4n) is 2.55. The minimum Gasteiger partial charge on any atom is -0.490 e. The molecule has 170 valence electrons. The Bertz CT molecular complexity index is 949. The van der Waals surface area contributed by atoms with Crippen LogP contribution in [0, 0.1) is 0 Å². The van der Waals surface area contributed by atoms with Gasteiger partial charge in [0.1, 0.15) is 38.2 Å². The van der Waals surface area contributed by atoms with Gasteiger partial charge in [-0.3, -0.25) is 9.05 Å². The molecule has 0 radical (unpaired) electrons. The number of phosphoric acid groups is 1. The van der Waals surface area contributed by atoms with Gasteiger partial charge in [0.25, 0.3) is 0 Å². The van der Waals surface area contributed by atoms with Crippen LogP contribution in [0.4, 0.5) is 0 Å². The van der Waals surface area contributed by atoms with Crippen LogP contribution in [0.15, 0.2) is 54.6 Å². The highest BCUT2D eigenvalue weighted by molar-refractivity contribution is 7.47. The molecule has 0 aliphatic rings. The Labute approximate surface area is 183 Å². The fourth-order valence-corrected chi connectivity index (χ4v) is 3.43. The molecule has 0 fully saturated rings. The number of fused-ring (bicyclic) bond motifs is 1. The lowest BCUT2D eigenvalue weighted by Gasteiger charge is -2.25. The molecule has 0 amide bonds. The van der Waals surface area contributed by atoms with Crippen molar-refractivity contribution in [3.8, 4) is 5.75 Å². The summed E-state index contributed by atoms with van der Waals surface area (Å²) >= 11 is 0. The molecule has 9 heteroatoms. The Morgan fingerprint density at radius 1 is 1.13 bits per heavy atom. The van der Waals surface area contributed by atoms with E-state index in [1.54, 1.807) is 6.07 Å². The lowest BCUT2D eigenvalue weighted by molar-refractivity contribution is -0.870. The average Bonchev–Trinajstić information content (AvgIpc) is 2.68. The van der Waals surface area contributed by atoms with E-state index < -0.39 is 19.9 Å². The van der Waals surface area contributed by atoms with E-state index in [0.717, 1.165) is 10.8 Å². The number of phosphoric ester groups is 1. The molecule has 0 aliphatic carbocycles. The summed E-state index contributed by atoms with van der Waals surface area (Å²) in [6.07, 6.45) is -1.03. The quantitative estimate of drug-likeness (QED) is 0.228. The molecule has 0 saturated carbocycles. The number of hydrogen-bond acceptors (Lipinski definition) is 6. The fraction of sp³-hybridized carbons (Fsp3) is 0.409. The number of carbonyl (C=O) groups excluding carboxylic acids is 1. The van der Waals surface area contributed by atoms with Crippen molar-refractivity contribution in [2.24, 2.45) is 0 Å². The highest BCUT2D eigenvalue weighted by Gasteiger charge is 2.29. The van der Waals surface area contributed by atoms with Crippen molar-refractivity contribution in [2.45, 2.75) is 13.0 Å². The van der Waals surface area contributed by atoms with Crippen LogP contribution in [-0.2, 0) is 23.1 Å². The van der Waals surface area contributed by atoms with E-state index in [-0.39, 0.29) is 25.4 Å². The van der Waals surface area contributed by atoms with Gasteiger partial charge in [0.15, 0.2) is 0 Å². The van der Waals surface area contributed by atoms with E-state index in [4.69, 9.17) is 18.5 Å². The van der Waals surface area contributed by atoms with Gasteiger partial charge in [-0.2, -0.15) is 0 Å². The minimum atomic E-state index is -4.39. The van der Waals surface area contributed by atoms with Crippen molar-refractivity contribution in [1.29, 1.82) is 0 Å². The molecule has 0 spiro atoms. The predicted octanol–water partition coefficient (Wildman–Crippen LogP) is 3.55. The normalized spacial score (nSPS) is 14.6. The molecule has 2 aromatic rings. The second-order valence-electron chi connectivity index (χ2n) is 8.21. The number of rotatable bonds is 12. The molecule has 2 aromatic carbocycles. The van der Waals surface area contributed by atoms with E-state index in [0.29, 0.717) is 16.8 Å². The maximum atomic E-state index is 12.4. The number of quaternary nitrogens is 1. The van der Waals surface area contributed by atoms with Gasteiger partial charge < -0.3 is 18.9 Å². The van der Waals surface area contributed by atoms with Gasteiger partial charge in [-0.05, 0) is 18.4 Å². The highest BCUT2D eigenvalue weighted by atomic mass is 31.2. The largest absolute Gasteiger partial charge is 0.490 e. The molecular weight excluding hydrogens is 421 g/mol. The summed E-state index contributed by atoms with van der Waals surface area (Å²) in [6, 6.07) is 13.3. The number of ether oxygens (including phenoxy) is 2. The average molecular weight is 452 g/mol. The van der Waals surface area contributed by atoms with Crippen LogP contribution >= 0.6 is 7.82 Å². The van der Waals surface area contributed by atoms with Crippen LogP contribution in [0.5, 0.6) is 5.75 Å². The van der Waals surface area contributed by atoms with Crippen LogP contribution < -0.4 is 4.74 Å². The number of nitrogens with zero attached hydrogens (tertiary/aromatic N) is 1. The molecule has 0 heterocycles. The second-order valence-corrected chi connectivity index (χ2v) is 9.62. The molecule has 2 unspecified atom stereocenters. The summed E-state index contributed by atoms with van der Waals surface area (Å²) < 4.78 is 34.3. The van der Waals surface area contributed by atoms with Gasteiger partial charge in [-0.1, -0.05) is 43.0 Å². The van der Waals surface area contributed by atoms with Crippen molar-refractivity contribution < 1.29 is 37.3 Å². The molecule has 8 nitrogen and oxygen atoms in total. The maximum absolute atomic E-state index is 12.4. The van der Waals surface area contributed by atoms with Gasteiger partial charge in [-0.15, -0.1) is 0 Å². The molecular formula is C22H31NO7P+. The SMILES string of the molecule is C=C(C)C(=O)OCC(COc1cccc2ccccc12)OP(=O)(O)OCC[N+](C)(C)C. The van der Waals surface area contributed by atoms with Gasteiger partial charge in [0, 0.05) is 11.0 Å². The van der Waals surface area contributed by atoms with E-state index in [2.05, 4.69) is 6.58 Å². The number of likely N-dealkylation sites (N-methyl/N-ethyl adjacent to an activating group) is 1. The molecule has 1 N–H and O–H groups in total. The Hall–Kier alpha value is -2.22. The number of esters is 1. The molecule has 31 heavy (non-hydrogen) atoms. The third-order valence-corrected chi connectivity index (χ3v) is 5.30. The van der Waals surface area contributed by atoms with Crippen LogP contribution in [0.3, 0.4) is 0 Å². The molecule has 0 aromatic heterocycles. The molecule has 2 atom stereocenters. The first kappa shape index (κ1) is 25.0. The topological polar surface area (TPSA) is 91.3 Å². The summed E-state index contributed by atoms with van der Waals surface area (Å²) in [5, 5.41) is 1.87. The molecule has 0 bridgehead atoms. The molecule has 2 rings (SSSR count). The van der Waals surface area contributed by atoms with E-state index >= 15 is 0 Å². The van der Waals surface area contributed by atoms with Crippen molar-refractivity contribution in [2.75, 3.05) is 47.5 Å². The van der Waals surface area contributed by atoms with Crippen LogP contribution in [-0.4, -0.2) is 69.0 Å². The predicted molar refractivity (Wildman–Crippen MR) is 119 cm³/mol. The summed E-state index contributed by atoms with van der Waals surface area (Å²) in [4.78, 5) is 21.9. The Balaban J connectivity index is 2.07. The van der Waals surface area contributed by atoms with Crippen LogP contribution in [0.25, 0.3) is 10.8 Å². The van der Waals surface area contributed by atoms with Gasteiger partial charge >= 0.3 is 13.8 Å². The lowest BCUT2D eigenvalue weighted by atomic mass is 10.1. The standard InChI is InChI=1S/C22H30NO7P/c1-17(2)22(24)28-16-19(30-31(25,26)29-14-13-23(3,4)5)15-27-21-12-8-10-18-9-6-7-11-20(18)21/h6-12,19H,1,13-16H2,2-5H3/p+1. The Morgan fingerprint density at radius 3 is 2.48 bits per heavy atom.